The first-order chi connectivity index (χ1) is 8.60. The third kappa shape index (κ3) is 2.96. The first-order valence-electron chi connectivity index (χ1n) is 6.19. The fraction of sp³-hybridized carbons (Fsp3) is 0.462. The van der Waals surface area contributed by atoms with Crippen LogP contribution in [0.15, 0.2) is 22.9 Å². The van der Waals surface area contributed by atoms with Gasteiger partial charge in [-0.1, -0.05) is 20.8 Å². The lowest BCUT2D eigenvalue weighted by Crippen LogP contribution is -2.04. The maximum absolute atomic E-state index is 4.53. The molecule has 2 aromatic heterocycles. The molecule has 0 radical (unpaired) electrons. The van der Waals surface area contributed by atoms with Crippen LogP contribution in [-0.4, -0.2) is 19.7 Å². The standard InChI is InChI=1S/C13H17BrN4/c1-4-5-12-15-11(14)8-13(16-12)18-7-6-10(17-18)9(2)3/h6-9H,4-5H2,1-3H3. The number of nitrogens with zero attached hydrogens (tertiary/aromatic N) is 4. The fourth-order valence-electron chi connectivity index (χ4n) is 1.68. The van der Waals surface area contributed by atoms with Gasteiger partial charge in [0.05, 0.1) is 5.69 Å². The third-order valence-corrected chi connectivity index (χ3v) is 3.04. The van der Waals surface area contributed by atoms with Gasteiger partial charge < -0.3 is 0 Å². The smallest absolute Gasteiger partial charge is 0.158 e. The molecule has 5 heteroatoms. The van der Waals surface area contributed by atoms with Crippen molar-refractivity contribution in [1.82, 2.24) is 19.7 Å². The van der Waals surface area contributed by atoms with E-state index in [2.05, 4.69) is 51.8 Å². The minimum absolute atomic E-state index is 0.423. The van der Waals surface area contributed by atoms with E-state index in [1.54, 1.807) is 4.68 Å². The van der Waals surface area contributed by atoms with Crippen LogP contribution in [-0.2, 0) is 6.42 Å². The monoisotopic (exact) mass is 308 g/mol. The van der Waals surface area contributed by atoms with Crippen molar-refractivity contribution in [3.63, 3.8) is 0 Å². The van der Waals surface area contributed by atoms with Crippen molar-refractivity contribution < 1.29 is 0 Å². The highest BCUT2D eigenvalue weighted by Crippen LogP contribution is 2.16. The predicted molar refractivity (Wildman–Crippen MR) is 74.9 cm³/mol. The summed E-state index contributed by atoms with van der Waals surface area (Å²) < 4.78 is 2.61. The molecule has 0 amide bonds. The fourth-order valence-corrected chi connectivity index (χ4v) is 2.09. The Bertz CT molecular complexity index is 534. The first kappa shape index (κ1) is 13.2. The van der Waals surface area contributed by atoms with E-state index in [0.717, 1.165) is 34.8 Å². The highest BCUT2D eigenvalue weighted by molar-refractivity contribution is 9.10. The van der Waals surface area contributed by atoms with Gasteiger partial charge in [0.2, 0.25) is 0 Å². The zero-order chi connectivity index (χ0) is 13.1. The van der Waals surface area contributed by atoms with Crippen LogP contribution in [0.4, 0.5) is 0 Å². The zero-order valence-corrected chi connectivity index (χ0v) is 12.5. The Hall–Kier alpha value is -1.23. The van der Waals surface area contributed by atoms with Gasteiger partial charge in [0.15, 0.2) is 5.82 Å². The molecule has 0 fully saturated rings. The minimum atomic E-state index is 0.423. The van der Waals surface area contributed by atoms with Crippen LogP contribution in [0.2, 0.25) is 0 Å². The molecule has 96 valence electrons. The highest BCUT2D eigenvalue weighted by Gasteiger charge is 2.08. The summed E-state index contributed by atoms with van der Waals surface area (Å²) in [6, 6.07) is 3.91. The molecule has 0 aromatic carbocycles. The topological polar surface area (TPSA) is 43.6 Å². The van der Waals surface area contributed by atoms with E-state index < -0.39 is 0 Å². The Morgan fingerprint density at radius 1 is 1.33 bits per heavy atom. The highest BCUT2D eigenvalue weighted by atomic mass is 79.9. The molecular formula is C13H17BrN4. The van der Waals surface area contributed by atoms with Crippen molar-refractivity contribution in [1.29, 1.82) is 0 Å². The summed E-state index contributed by atoms with van der Waals surface area (Å²) in [6.45, 7) is 6.38. The van der Waals surface area contributed by atoms with E-state index in [0.29, 0.717) is 5.92 Å². The maximum Gasteiger partial charge on any atom is 0.158 e. The van der Waals surface area contributed by atoms with Crippen LogP contribution >= 0.6 is 15.9 Å². The number of aryl methyl sites for hydroxylation is 1. The molecule has 18 heavy (non-hydrogen) atoms. The van der Waals surface area contributed by atoms with Crippen LogP contribution in [0.3, 0.4) is 0 Å². The quantitative estimate of drug-likeness (QED) is 0.812. The van der Waals surface area contributed by atoms with Crippen LogP contribution in [0.5, 0.6) is 0 Å². The Balaban J connectivity index is 2.36. The molecule has 0 aliphatic carbocycles. The summed E-state index contributed by atoms with van der Waals surface area (Å²) in [6.07, 6.45) is 3.86. The molecule has 0 N–H and O–H groups in total. The average molecular weight is 309 g/mol. The van der Waals surface area contributed by atoms with E-state index in [1.165, 1.54) is 0 Å². The van der Waals surface area contributed by atoms with E-state index in [4.69, 9.17) is 0 Å². The van der Waals surface area contributed by atoms with Gasteiger partial charge in [-0.05, 0) is 34.3 Å². The van der Waals surface area contributed by atoms with Crippen molar-refractivity contribution in [3.05, 3.63) is 34.5 Å². The summed E-state index contributed by atoms with van der Waals surface area (Å²) in [5, 5.41) is 4.53. The Morgan fingerprint density at radius 3 is 2.72 bits per heavy atom. The summed E-state index contributed by atoms with van der Waals surface area (Å²) in [7, 11) is 0. The normalized spacial score (nSPS) is 11.2. The summed E-state index contributed by atoms with van der Waals surface area (Å²) >= 11 is 3.42. The van der Waals surface area contributed by atoms with Gasteiger partial charge >= 0.3 is 0 Å². The average Bonchev–Trinajstić information content (AvgIpc) is 2.78. The number of hydrogen-bond donors (Lipinski definition) is 0. The van der Waals surface area contributed by atoms with Gasteiger partial charge in [-0.15, -0.1) is 0 Å². The molecule has 4 nitrogen and oxygen atoms in total. The van der Waals surface area contributed by atoms with Gasteiger partial charge in [-0.2, -0.15) is 5.10 Å². The Labute approximate surface area is 116 Å². The second-order valence-electron chi connectivity index (χ2n) is 4.55. The van der Waals surface area contributed by atoms with E-state index in [-0.39, 0.29) is 0 Å². The first-order valence-corrected chi connectivity index (χ1v) is 6.99. The van der Waals surface area contributed by atoms with E-state index in [1.807, 2.05) is 18.3 Å². The molecule has 2 rings (SSSR count). The molecule has 0 saturated carbocycles. The lowest BCUT2D eigenvalue weighted by molar-refractivity contribution is 0.740. The van der Waals surface area contributed by atoms with E-state index in [9.17, 15) is 0 Å². The van der Waals surface area contributed by atoms with Crippen molar-refractivity contribution in [2.45, 2.75) is 39.5 Å². The molecule has 0 unspecified atom stereocenters. The lowest BCUT2D eigenvalue weighted by atomic mass is 10.1. The van der Waals surface area contributed by atoms with Crippen molar-refractivity contribution in [2.75, 3.05) is 0 Å². The number of halogens is 1. The van der Waals surface area contributed by atoms with Crippen LogP contribution in [0, 0.1) is 0 Å². The Kier molecular flexibility index (Phi) is 4.11. The number of rotatable bonds is 4. The van der Waals surface area contributed by atoms with Gasteiger partial charge in [0.25, 0.3) is 0 Å². The molecule has 0 bridgehead atoms. The lowest BCUT2D eigenvalue weighted by Gasteiger charge is -2.05. The third-order valence-electron chi connectivity index (χ3n) is 2.64. The second-order valence-corrected chi connectivity index (χ2v) is 5.37. The molecule has 2 heterocycles. The van der Waals surface area contributed by atoms with Gasteiger partial charge in [-0.3, -0.25) is 0 Å². The van der Waals surface area contributed by atoms with Gasteiger partial charge in [-0.25, -0.2) is 14.6 Å². The molecular weight excluding hydrogens is 292 g/mol. The maximum atomic E-state index is 4.53. The van der Waals surface area contributed by atoms with E-state index >= 15 is 0 Å². The summed E-state index contributed by atoms with van der Waals surface area (Å²) in [4.78, 5) is 8.88. The number of hydrogen-bond acceptors (Lipinski definition) is 3. The summed E-state index contributed by atoms with van der Waals surface area (Å²) in [5.74, 6) is 2.09. The largest absolute Gasteiger partial charge is 0.226 e. The zero-order valence-electron chi connectivity index (χ0n) is 10.9. The van der Waals surface area contributed by atoms with Crippen LogP contribution < -0.4 is 0 Å². The second kappa shape index (κ2) is 5.61. The molecule has 0 aliphatic rings. The van der Waals surface area contributed by atoms with Gasteiger partial charge in [0.1, 0.15) is 10.4 Å². The Morgan fingerprint density at radius 2 is 2.11 bits per heavy atom. The van der Waals surface area contributed by atoms with Crippen molar-refractivity contribution in [3.8, 4) is 5.82 Å². The molecule has 0 aliphatic heterocycles. The predicted octanol–water partition coefficient (Wildman–Crippen LogP) is 3.50. The molecule has 0 saturated heterocycles. The molecule has 0 spiro atoms. The van der Waals surface area contributed by atoms with Gasteiger partial charge in [0, 0.05) is 18.7 Å². The minimum Gasteiger partial charge on any atom is -0.226 e. The SMILES string of the molecule is CCCc1nc(Br)cc(-n2ccc(C(C)C)n2)n1. The number of aromatic nitrogens is 4. The van der Waals surface area contributed by atoms with Crippen molar-refractivity contribution >= 4 is 15.9 Å². The molecule has 2 aromatic rings. The van der Waals surface area contributed by atoms with Crippen molar-refractivity contribution in [2.24, 2.45) is 0 Å². The van der Waals surface area contributed by atoms with Crippen LogP contribution in [0.25, 0.3) is 5.82 Å². The summed E-state index contributed by atoms with van der Waals surface area (Å²) in [5.41, 5.74) is 1.07. The molecule has 0 atom stereocenters. The van der Waals surface area contributed by atoms with Crippen LogP contribution in [0.1, 0.15) is 44.6 Å².